The van der Waals surface area contributed by atoms with E-state index in [1.807, 2.05) is 0 Å². The van der Waals surface area contributed by atoms with E-state index in [0.717, 1.165) is 16.3 Å². The molecule has 178 valence electrons. The number of alkyl halides is 3. The second kappa shape index (κ2) is 7.82. The molecule has 0 saturated carbocycles. The van der Waals surface area contributed by atoms with Crippen LogP contribution in [0.2, 0.25) is 10.2 Å². The largest absolute Gasteiger partial charge is 0.401 e. The summed E-state index contributed by atoms with van der Waals surface area (Å²) in [7, 11) is 0. The number of amides is 2. The standard InChI is InChI=1S/C20H12Cl2F3N9O/c1-19(20(23,24)25)9-32(13-7-27-15-4-14(22)31-34(15)16(13)19)18(35)30-10-3-12(21)17(28-5-10)33-8-11(26-2)6-29-33/h3-8H,9H2,1H3,(H,30,35)/t19-/m1/s1. The molecule has 0 bridgehead atoms. The van der Waals surface area contributed by atoms with Crippen LogP contribution < -0.4 is 10.2 Å². The van der Waals surface area contributed by atoms with Gasteiger partial charge < -0.3 is 5.32 Å². The Kier molecular flexibility index (Phi) is 5.11. The highest BCUT2D eigenvalue weighted by Crippen LogP contribution is 2.50. The minimum Gasteiger partial charge on any atom is -0.306 e. The van der Waals surface area contributed by atoms with Crippen LogP contribution in [0.25, 0.3) is 16.3 Å². The predicted octanol–water partition coefficient (Wildman–Crippen LogP) is 5.04. The minimum absolute atomic E-state index is 0.0279. The van der Waals surface area contributed by atoms with Crippen LogP contribution in [0.5, 0.6) is 0 Å². The maximum atomic E-state index is 14.2. The molecule has 10 nitrogen and oxygen atoms in total. The fourth-order valence-corrected chi connectivity index (χ4v) is 4.26. The van der Waals surface area contributed by atoms with Gasteiger partial charge in [0.15, 0.2) is 16.6 Å². The molecule has 1 atom stereocenters. The van der Waals surface area contributed by atoms with E-state index in [0.29, 0.717) is 0 Å². The van der Waals surface area contributed by atoms with Crippen molar-refractivity contribution in [1.82, 2.24) is 29.4 Å². The van der Waals surface area contributed by atoms with E-state index in [1.165, 1.54) is 41.6 Å². The van der Waals surface area contributed by atoms with Gasteiger partial charge in [0.25, 0.3) is 0 Å². The van der Waals surface area contributed by atoms with Crippen LogP contribution in [0.15, 0.2) is 36.9 Å². The Morgan fingerprint density at radius 1 is 1.23 bits per heavy atom. The number of urea groups is 1. The van der Waals surface area contributed by atoms with Crippen molar-refractivity contribution >= 4 is 51.9 Å². The third kappa shape index (κ3) is 3.62. The molecule has 0 radical (unpaired) electrons. The van der Waals surface area contributed by atoms with Gasteiger partial charge in [0.1, 0.15) is 5.41 Å². The number of fused-ring (bicyclic) bond motifs is 3. The number of anilines is 2. The maximum Gasteiger partial charge on any atom is 0.401 e. The first-order valence-electron chi connectivity index (χ1n) is 9.80. The molecular weight excluding hydrogens is 510 g/mol. The van der Waals surface area contributed by atoms with Crippen molar-refractivity contribution in [3.63, 3.8) is 0 Å². The Morgan fingerprint density at radius 3 is 2.66 bits per heavy atom. The van der Waals surface area contributed by atoms with E-state index in [-0.39, 0.29) is 44.4 Å². The molecule has 0 spiro atoms. The molecule has 4 aromatic heterocycles. The van der Waals surface area contributed by atoms with Crippen LogP contribution in [0, 0.1) is 6.57 Å². The highest BCUT2D eigenvalue weighted by atomic mass is 35.5. The van der Waals surface area contributed by atoms with Crippen molar-refractivity contribution in [3.8, 4) is 5.82 Å². The Morgan fingerprint density at radius 2 is 2.00 bits per heavy atom. The van der Waals surface area contributed by atoms with Crippen molar-refractivity contribution in [2.24, 2.45) is 0 Å². The average Bonchev–Trinajstić information content (AvgIpc) is 3.48. The number of aromatic nitrogens is 6. The number of nitrogens with zero attached hydrogens (tertiary/aromatic N) is 8. The molecule has 2 amide bonds. The Bertz CT molecular complexity index is 1540. The van der Waals surface area contributed by atoms with Gasteiger partial charge in [0, 0.05) is 18.8 Å². The van der Waals surface area contributed by atoms with Crippen LogP contribution in [-0.2, 0) is 5.41 Å². The smallest absolute Gasteiger partial charge is 0.306 e. The van der Waals surface area contributed by atoms with Crippen LogP contribution in [0.4, 0.5) is 35.0 Å². The Labute approximate surface area is 204 Å². The highest BCUT2D eigenvalue weighted by Gasteiger charge is 2.60. The molecule has 0 aliphatic carbocycles. The molecule has 15 heteroatoms. The van der Waals surface area contributed by atoms with Crippen molar-refractivity contribution < 1.29 is 18.0 Å². The maximum absolute atomic E-state index is 14.2. The molecule has 5 rings (SSSR count). The average molecular weight is 522 g/mol. The summed E-state index contributed by atoms with van der Waals surface area (Å²) in [4.78, 5) is 25.5. The Balaban J connectivity index is 1.48. The van der Waals surface area contributed by atoms with E-state index >= 15 is 0 Å². The van der Waals surface area contributed by atoms with E-state index in [2.05, 4.69) is 30.3 Å². The lowest BCUT2D eigenvalue weighted by Gasteiger charge is -2.28. The quantitative estimate of drug-likeness (QED) is 0.372. The summed E-state index contributed by atoms with van der Waals surface area (Å²) in [6, 6.07) is 1.85. The summed E-state index contributed by atoms with van der Waals surface area (Å²) in [5.74, 6) is 0.206. The fourth-order valence-electron chi connectivity index (χ4n) is 3.84. The van der Waals surface area contributed by atoms with Crippen LogP contribution in [-0.4, -0.2) is 48.1 Å². The van der Waals surface area contributed by atoms with E-state index < -0.39 is 24.2 Å². The van der Waals surface area contributed by atoms with E-state index in [4.69, 9.17) is 29.8 Å². The number of pyridine rings is 1. The molecule has 0 aromatic carbocycles. The molecule has 0 unspecified atom stereocenters. The SMILES string of the molecule is [C-]#[N+]c1cnn(-c2ncc(NC(=O)N3C[C@@](C)(C(F)(F)F)c4c3cnc3cc(Cl)nn43)cc2Cl)c1. The number of carbonyl (C=O) groups is 1. The van der Waals surface area contributed by atoms with Gasteiger partial charge in [0.2, 0.25) is 5.69 Å². The first-order valence-corrected chi connectivity index (χ1v) is 10.6. The van der Waals surface area contributed by atoms with Gasteiger partial charge in [0.05, 0.1) is 47.3 Å². The van der Waals surface area contributed by atoms with Crippen LogP contribution in [0.1, 0.15) is 12.6 Å². The summed E-state index contributed by atoms with van der Waals surface area (Å²) < 4.78 is 44.9. The van der Waals surface area contributed by atoms with Gasteiger partial charge in [-0.2, -0.15) is 23.4 Å². The molecule has 1 N–H and O–H groups in total. The van der Waals surface area contributed by atoms with Crippen LogP contribution >= 0.6 is 23.2 Å². The molecular formula is C20H12Cl2F3N9O. The van der Waals surface area contributed by atoms with Crippen molar-refractivity contribution in [1.29, 1.82) is 0 Å². The number of hydrogen-bond acceptors (Lipinski definition) is 5. The van der Waals surface area contributed by atoms with E-state index in [9.17, 15) is 18.0 Å². The molecule has 5 heterocycles. The summed E-state index contributed by atoms with van der Waals surface area (Å²) >= 11 is 12.2. The molecule has 1 aliphatic heterocycles. The van der Waals surface area contributed by atoms with Gasteiger partial charge >= 0.3 is 12.2 Å². The number of halogens is 5. The number of rotatable bonds is 2. The monoisotopic (exact) mass is 521 g/mol. The van der Waals surface area contributed by atoms with Gasteiger partial charge in [-0.15, -0.1) is 0 Å². The topological polar surface area (TPSA) is 97.6 Å². The zero-order valence-corrected chi connectivity index (χ0v) is 19.1. The first-order chi connectivity index (χ1) is 16.5. The molecule has 0 saturated heterocycles. The minimum atomic E-state index is -4.70. The highest BCUT2D eigenvalue weighted by molar-refractivity contribution is 6.32. The third-order valence-electron chi connectivity index (χ3n) is 5.58. The summed E-state index contributed by atoms with van der Waals surface area (Å²) in [5, 5.41) is 10.5. The lowest BCUT2D eigenvalue weighted by molar-refractivity contribution is -0.181. The number of nitrogens with one attached hydrogen (secondary N) is 1. The second-order valence-electron chi connectivity index (χ2n) is 7.86. The van der Waals surface area contributed by atoms with Crippen molar-refractivity contribution in [2.45, 2.75) is 18.5 Å². The summed E-state index contributed by atoms with van der Waals surface area (Å²) in [6.45, 7) is 7.29. The molecule has 35 heavy (non-hydrogen) atoms. The lowest BCUT2D eigenvalue weighted by atomic mass is 9.88. The second-order valence-corrected chi connectivity index (χ2v) is 8.65. The summed E-state index contributed by atoms with van der Waals surface area (Å²) in [5.41, 5.74) is -2.21. The molecule has 4 aromatic rings. The number of hydrogen-bond donors (Lipinski definition) is 1. The molecule has 0 fully saturated rings. The van der Waals surface area contributed by atoms with Crippen LogP contribution in [0.3, 0.4) is 0 Å². The first kappa shape index (κ1) is 22.9. The van der Waals surface area contributed by atoms with Gasteiger partial charge in [-0.25, -0.2) is 28.8 Å². The predicted molar refractivity (Wildman–Crippen MR) is 120 cm³/mol. The Hall–Kier alpha value is -3.89. The summed E-state index contributed by atoms with van der Waals surface area (Å²) in [6.07, 6.45) is 0.506. The fraction of sp³-hybridized carbons (Fsp3) is 0.200. The normalized spacial score (nSPS) is 17.5. The third-order valence-corrected chi connectivity index (χ3v) is 6.04. The lowest BCUT2D eigenvalue weighted by Crippen LogP contribution is -2.46. The zero-order chi connectivity index (χ0) is 25.1. The zero-order valence-electron chi connectivity index (χ0n) is 17.5. The van der Waals surface area contributed by atoms with Gasteiger partial charge in [-0.1, -0.05) is 23.2 Å². The van der Waals surface area contributed by atoms with Crippen molar-refractivity contribution in [2.75, 3.05) is 16.8 Å². The van der Waals surface area contributed by atoms with Gasteiger partial charge in [-0.05, 0) is 13.0 Å². The number of carbonyl (C=O) groups excluding carboxylic acids is 1. The van der Waals surface area contributed by atoms with E-state index in [1.54, 1.807) is 0 Å². The molecule has 1 aliphatic rings. The van der Waals surface area contributed by atoms with Gasteiger partial charge in [-0.3, -0.25) is 4.90 Å². The van der Waals surface area contributed by atoms with Crippen molar-refractivity contribution in [3.05, 3.63) is 64.2 Å².